The second-order valence-electron chi connectivity index (χ2n) is 6.71. The quantitative estimate of drug-likeness (QED) is 0.586. The first-order valence-corrected chi connectivity index (χ1v) is 9.09. The van der Waals surface area contributed by atoms with E-state index in [4.69, 9.17) is 18.9 Å². The Morgan fingerprint density at radius 2 is 2.04 bits per heavy atom. The number of carbonyl (C=O) groups excluding carboxylic acids is 1. The Bertz CT molecular complexity index is 850. The Hall–Kier alpha value is -3.22. The fourth-order valence-corrected chi connectivity index (χ4v) is 2.53. The highest BCUT2D eigenvalue weighted by Crippen LogP contribution is 2.31. The Morgan fingerprint density at radius 3 is 2.79 bits per heavy atom. The summed E-state index contributed by atoms with van der Waals surface area (Å²) in [6.45, 7) is 4.90. The zero-order chi connectivity index (χ0) is 19.9. The van der Waals surface area contributed by atoms with E-state index >= 15 is 0 Å². The molecular weight excluding hydrogens is 360 g/mol. The molecule has 7 nitrogen and oxygen atoms in total. The summed E-state index contributed by atoms with van der Waals surface area (Å²) in [5.41, 5.74) is 3.24. The maximum atomic E-state index is 12.2. The molecule has 1 N–H and O–H groups in total. The van der Waals surface area contributed by atoms with Gasteiger partial charge in [-0.25, -0.2) is 5.43 Å². The summed E-state index contributed by atoms with van der Waals surface area (Å²) in [6, 6.07) is 12.7. The van der Waals surface area contributed by atoms with Crippen molar-refractivity contribution in [2.24, 2.45) is 11.0 Å². The molecule has 0 unspecified atom stereocenters. The molecule has 0 radical (unpaired) electrons. The Morgan fingerprint density at radius 1 is 1.25 bits per heavy atom. The zero-order valence-corrected chi connectivity index (χ0v) is 16.2. The van der Waals surface area contributed by atoms with E-state index in [9.17, 15) is 4.79 Å². The average Bonchev–Trinajstić information content (AvgIpc) is 2.72. The van der Waals surface area contributed by atoms with E-state index in [1.807, 2.05) is 24.3 Å². The van der Waals surface area contributed by atoms with Crippen LogP contribution in [0.25, 0.3) is 0 Å². The molecule has 7 heteroatoms. The normalized spacial score (nSPS) is 15.5. The molecule has 0 bridgehead atoms. The van der Waals surface area contributed by atoms with Crippen LogP contribution in [0, 0.1) is 5.92 Å². The van der Waals surface area contributed by atoms with Crippen LogP contribution in [0.4, 0.5) is 0 Å². The Labute approximate surface area is 164 Å². The summed E-state index contributed by atoms with van der Waals surface area (Å²) in [5, 5.41) is 4.00. The third kappa shape index (κ3) is 4.94. The molecule has 1 amide bonds. The average molecular weight is 384 g/mol. The summed E-state index contributed by atoms with van der Waals surface area (Å²) in [6.07, 6.45) is 0.776. The van der Waals surface area contributed by atoms with E-state index in [0.717, 1.165) is 5.56 Å². The maximum absolute atomic E-state index is 12.2. The predicted octanol–water partition coefficient (Wildman–Crippen LogP) is 3.02. The van der Waals surface area contributed by atoms with Crippen LogP contribution >= 0.6 is 0 Å². The maximum Gasteiger partial charge on any atom is 0.284 e. The fraction of sp³-hybridized carbons (Fsp3) is 0.333. The number of benzene rings is 2. The van der Waals surface area contributed by atoms with Crippen molar-refractivity contribution < 1.29 is 23.7 Å². The molecule has 1 atom stereocenters. The minimum Gasteiger partial charge on any atom is -0.493 e. The number of nitrogens with one attached hydrogen (secondary N) is 1. The van der Waals surface area contributed by atoms with Gasteiger partial charge in [0.25, 0.3) is 5.91 Å². The molecule has 3 rings (SSSR count). The van der Waals surface area contributed by atoms with Crippen molar-refractivity contribution in [3.63, 3.8) is 0 Å². The van der Waals surface area contributed by atoms with Gasteiger partial charge < -0.3 is 18.9 Å². The molecule has 1 aliphatic rings. The van der Waals surface area contributed by atoms with Gasteiger partial charge in [0, 0.05) is 0 Å². The van der Waals surface area contributed by atoms with Crippen molar-refractivity contribution >= 4 is 12.1 Å². The van der Waals surface area contributed by atoms with E-state index in [2.05, 4.69) is 24.4 Å². The summed E-state index contributed by atoms with van der Waals surface area (Å²) in [4.78, 5) is 12.2. The van der Waals surface area contributed by atoms with Crippen LogP contribution in [-0.2, 0) is 4.79 Å². The summed E-state index contributed by atoms with van der Waals surface area (Å²) in [5.74, 6) is 2.48. The number of carbonyl (C=O) groups is 1. The van der Waals surface area contributed by atoms with Crippen molar-refractivity contribution in [3.8, 4) is 23.0 Å². The Kier molecular flexibility index (Phi) is 6.37. The van der Waals surface area contributed by atoms with Gasteiger partial charge in [0.2, 0.25) is 6.10 Å². The standard InChI is InChI=1S/C21H24N2O5/c1-14(2)12-26-17-9-8-15(10-19(17)25-3)11-22-23-21(24)20-13-27-16-6-4-5-7-18(16)28-20/h4-11,14,20H,12-13H2,1-3H3,(H,23,24)/b22-11-/t20-/m1/s1. The first-order valence-electron chi connectivity index (χ1n) is 9.09. The first kappa shape index (κ1) is 19.5. The number of hydrogen-bond donors (Lipinski definition) is 1. The van der Waals surface area contributed by atoms with E-state index in [-0.39, 0.29) is 12.5 Å². The number of nitrogens with zero attached hydrogens (tertiary/aromatic N) is 1. The van der Waals surface area contributed by atoms with Gasteiger partial charge in [-0.2, -0.15) is 5.10 Å². The third-order valence-corrected chi connectivity index (χ3v) is 3.95. The number of para-hydroxylation sites is 2. The molecule has 2 aromatic carbocycles. The predicted molar refractivity (Wildman–Crippen MR) is 105 cm³/mol. The van der Waals surface area contributed by atoms with E-state index < -0.39 is 6.10 Å². The molecule has 0 fully saturated rings. The van der Waals surface area contributed by atoms with E-state index in [1.54, 1.807) is 25.3 Å². The van der Waals surface area contributed by atoms with Gasteiger partial charge in [0.05, 0.1) is 19.9 Å². The third-order valence-electron chi connectivity index (χ3n) is 3.95. The number of fused-ring (bicyclic) bond motifs is 1. The molecule has 0 aliphatic carbocycles. The van der Waals surface area contributed by atoms with Crippen LogP contribution in [-0.4, -0.2) is 38.5 Å². The van der Waals surface area contributed by atoms with Crippen LogP contribution in [0.15, 0.2) is 47.6 Å². The lowest BCUT2D eigenvalue weighted by Crippen LogP contribution is -2.42. The molecule has 0 spiro atoms. The van der Waals surface area contributed by atoms with Crippen molar-refractivity contribution in [1.82, 2.24) is 5.43 Å². The number of amides is 1. The molecule has 0 saturated heterocycles. The van der Waals surface area contributed by atoms with Crippen molar-refractivity contribution in [3.05, 3.63) is 48.0 Å². The number of hydrazone groups is 1. The smallest absolute Gasteiger partial charge is 0.284 e. The van der Waals surface area contributed by atoms with Crippen LogP contribution in [0.2, 0.25) is 0 Å². The SMILES string of the molecule is COc1cc(/C=N\NC(=O)[C@H]2COc3ccccc3O2)ccc1OCC(C)C. The van der Waals surface area contributed by atoms with Gasteiger partial charge in [-0.15, -0.1) is 0 Å². The molecular formula is C21H24N2O5. The molecule has 148 valence electrons. The number of hydrogen-bond acceptors (Lipinski definition) is 6. The second kappa shape index (κ2) is 9.12. The fourth-order valence-electron chi connectivity index (χ4n) is 2.53. The van der Waals surface area contributed by atoms with Gasteiger partial charge >= 0.3 is 0 Å². The first-order chi connectivity index (χ1) is 13.6. The second-order valence-corrected chi connectivity index (χ2v) is 6.71. The summed E-state index contributed by atoms with van der Waals surface area (Å²) >= 11 is 0. The van der Waals surface area contributed by atoms with Gasteiger partial charge in [0.1, 0.15) is 6.61 Å². The topological polar surface area (TPSA) is 78.4 Å². The summed E-state index contributed by atoms with van der Waals surface area (Å²) in [7, 11) is 1.58. The van der Waals surface area contributed by atoms with Gasteiger partial charge in [-0.3, -0.25) is 4.79 Å². The van der Waals surface area contributed by atoms with E-state index in [0.29, 0.717) is 35.5 Å². The molecule has 2 aromatic rings. The molecule has 28 heavy (non-hydrogen) atoms. The highest BCUT2D eigenvalue weighted by molar-refractivity contribution is 5.85. The van der Waals surface area contributed by atoms with Crippen molar-refractivity contribution in [2.75, 3.05) is 20.3 Å². The monoisotopic (exact) mass is 384 g/mol. The molecule has 0 saturated carbocycles. The van der Waals surface area contributed by atoms with Gasteiger partial charge in [-0.1, -0.05) is 26.0 Å². The van der Waals surface area contributed by atoms with Crippen molar-refractivity contribution in [2.45, 2.75) is 20.0 Å². The minimum atomic E-state index is -0.756. The number of ether oxygens (including phenoxy) is 4. The van der Waals surface area contributed by atoms with E-state index in [1.165, 1.54) is 6.21 Å². The molecule has 1 heterocycles. The van der Waals surface area contributed by atoms with Crippen LogP contribution in [0.5, 0.6) is 23.0 Å². The Balaban J connectivity index is 1.57. The lowest BCUT2D eigenvalue weighted by Gasteiger charge is -2.24. The van der Waals surface area contributed by atoms with Crippen LogP contribution in [0.3, 0.4) is 0 Å². The lowest BCUT2D eigenvalue weighted by molar-refractivity contribution is -0.130. The number of methoxy groups -OCH3 is 1. The summed E-state index contributed by atoms with van der Waals surface area (Å²) < 4.78 is 22.3. The van der Waals surface area contributed by atoms with Gasteiger partial charge in [-0.05, 0) is 41.8 Å². The van der Waals surface area contributed by atoms with Crippen LogP contribution < -0.4 is 24.4 Å². The molecule has 1 aliphatic heterocycles. The highest BCUT2D eigenvalue weighted by Gasteiger charge is 2.26. The lowest BCUT2D eigenvalue weighted by atomic mass is 10.2. The van der Waals surface area contributed by atoms with Crippen molar-refractivity contribution in [1.29, 1.82) is 0 Å². The minimum absolute atomic E-state index is 0.133. The zero-order valence-electron chi connectivity index (χ0n) is 16.2. The number of rotatable bonds is 7. The largest absolute Gasteiger partial charge is 0.493 e. The molecule has 0 aromatic heterocycles. The van der Waals surface area contributed by atoms with Gasteiger partial charge in [0.15, 0.2) is 23.0 Å². The van der Waals surface area contributed by atoms with Crippen LogP contribution in [0.1, 0.15) is 19.4 Å². The highest BCUT2D eigenvalue weighted by atomic mass is 16.6.